The normalized spacial score (nSPS) is 15.4. The minimum atomic E-state index is -0.370. The van der Waals surface area contributed by atoms with Gasteiger partial charge >= 0.3 is 0 Å². The molecule has 0 atom stereocenters. The molecular weight excluding hydrogens is 722 g/mol. The monoisotopic (exact) mass is 769 g/mol. The zero-order valence-corrected chi connectivity index (χ0v) is 32.0. The Kier molecular flexibility index (Phi) is 14.3. The van der Waals surface area contributed by atoms with Crippen LogP contribution in [0.15, 0.2) is 114 Å². The van der Waals surface area contributed by atoms with Crippen LogP contribution in [0.5, 0.6) is 0 Å². The summed E-state index contributed by atoms with van der Waals surface area (Å²) in [4.78, 5) is 34.6. The first-order chi connectivity index (χ1) is 27.7. The minimum absolute atomic E-state index is 0.00857. The number of fused-ring (bicyclic) bond motifs is 4. The van der Waals surface area contributed by atoms with Gasteiger partial charge in [0.25, 0.3) is 5.69 Å². The minimum Gasteiger partial charge on any atom is -0.370 e. The summed E-state index contributed by atoms with van der Waals surface area (Å²) in [6, 6.07) is 35.5. The molecule has 57 heavy (non-hydrogen) atoms. The number of nitro benzene ring substituents is 1. The van der Waals surface area contributed by atoms with E-state index in [1.54, 1.807) is 24.3 Å². The number of aliphatic imine (C=N–C) groups is 1. The van der Waals surface area contributed by atoms with Gasteiger partial charge in [-0.15, -0.1) is 0 Å². The molecule has 294 valence electrons. The molecule has 1 aliphatic heterocycles. The lowest BCUT2D eigenvalue weighted by Crippen LogP contribution is -2.36. The number of nitrogens with two attached hydrogens (primary N) is 2. The molecule has 0 fully saturated rings. The van der Waals surface area contributed by atoms with Crippen LogP contribution in [0, 0.1) is 27.3 Å². The summed E-state index contributed by atoms with van der Waals surface area (Å²) in [5, 5.41) is 21.4. The highest BCUT2D eigenvalue weighted by Crippen LogP contribution is 2.20. The lowest BCUT2D eigenvalue weighted by atomic mass is 10.1. The third-order valence-corrected chi connectivity index (χ3v) is 9.64. The third-order valence-electron chi connectivity index (χ3n) is 9.64. The first-order valence-corrected chi connectivity index (χ1v) is 19.0. The summed E-state index contributed by atoms with van der Waals surface area (Å²) < 4.78 is 14.3. The van der Waals surface area contributed by atoms with E-state index in [1.165, 1.54) is 12.1 Å². The van der Waals surface area contributed by atoms with Crippen LogP contribution in [-0.2, 0) is 45.8 Å². The maximum absolute atomic E-state index is 14.3. The molecule has 13 nitrogen and oxygen atoms in total. The SMILES string of the molecule is N#CCN1CCCN(Cc2cccc(N=C(N)N)c2)CCN(Cc2cccc([N+](=O)[O-])c2)Cc2cccc(n2)CN(Cc2cccc(F)c2)Cc2cccc(n2)C1. The Morgan fingerprint density at radius 3 is 1.82 bits per heavy atom. The molecule has 0 spiro atoms. The highest BCUT2D eigenvalue weighted by Gasteiger charge is 2.18. The van der Waals surface area contributed by atoms with Gasteiger partial charge in [0.15, 0.2) is 5.96 Å². The predicted molar refractivity (Wildman–Crippen MR) is 218 cm³/mol. The van der Waals surface area contributed by atoms with Crippen LogP contribution >= 0.6 is 0 Å². The van der Waals surface area contributed by atoms with Gasteiger partial charge < -0.3 is 11.5 Å². The number of rotatable bonds is 9. The Bertz CT molecular complexity index is 2190. The largest absolute Gasteiger partial charge is 0.370 e. The van der Waals surface area contributed by atoms with Gasteiger partial charge in [-0.2, -0.15) is 5.26 Å². The van der Waals surface area contributed by atoms with E-state index in [4.69, 9.17) is 21.4 Å². The van der Waals surface area contributed by atoms with Gasteiger partial charge in [-0.1, -0.05) is 48.5 Å². The number of nitro groups is 1. The molecule has 4 N–H and O–H groups in total. The lowest BCUT2D eigenvalue weighted by molar-refractivity contribution is -0.384. The number of hydrogen-bond donors (Lipinski definition) is 2. The lowest BCUT2D eigenvalue weighted by Gasteiger charge is -2.29. The molecule has 0 amide bonds. The highest BCUT2D eigenvalue weighted by atomic mass is 19.1. The number of guanidine groups is 1. The molecule has 5 aromatic rings. The Morgan fingerprint density at radius 2 is 1.19 bits per heavy atom. The molecule has 0 unspecified atom stereocenters. The summed E-state index contributed by atoms with van der Waals surface area (Å²) in [5.74, 6) is -0.296. The quantitative estimate of drug-likeness (QED) is 0.0605. The highest BCUT2D eigenvalue weighted by molar-refractivity contribution is 5.79. The van der Waals surface area contributed by atoms with Crippen molar-refractivity contribution in [3.63, 3.8) is 0 Å². The average molecular weight is 770 g/mol. The Hall–Kier alpha value is -6.11. The maximum atomic E-state index is 14.3. The van der Waals surface area contributed by atoms with Crippen LogP contribution < -0.4 is 11.5 Å². The second-order valence-electron chi connectivity index (χ2n) is 14.4. The van der Waals surface area contributed by atoms with Gasteiger partial charge in [-0.25, -0.2) is 9.38 Å². The van der Waals surface area contributed by atoms with Crippen LogP contribution in [0.2, 0.25) is 0 Å². The van der Waals surface area contributed by atoms with Crippen LogP contribution in [0.25, 0.3) is 0 Å². The van der Waals surface area contributed by atoms with E-state index >= 15 is 0 Å². The fourth-order valence-corrected chi connectivity index (χ4v) is 7.15. The van der Waals surface area contributed by atoms with Gasteiger partial charge in [0.05, 0.1) is 46.0 Å². The number of nitriles is 1. The molecule has 3 aromatic carbocycles. The zero-order chi connectivity index (χ0) is 40.0. The molecule has 6 rings (SSSR count). The molecule has 0 aliphatic carbocycles. The van der Waals surface area contributed by atoms with E-state index in [-0.39, 0.29) is 28.9 Å². The molecule has 1 aliphatic rings. The van der Waals surface area contributed by atoms with E-state index in [1.807, 2.05) is 66.7 Å². The average Bonchev–Trinajstić information content (AvgIpc) is 3.17. The molecular formula is C43H48FN11O2. The third kappa shape index (κ3) is 13.0. The van der Waals surface area contributed by atoms with Crippen LogP contribution in [0.4, 0.5) is 15.8 Å². The summed E-state index contributed by atoms with van der Waals surface area (Å²) in [7, 11) is 0. The van der Waals surface area contributed by atoms with E-state index in [0.29, 0.717) is 71.1 Å². The number of nitrogens with zero attached hydrogens (tertiary/aromatic N) is 9. The van der Waals surface area contributed by atoms with Crippen molar-refractivity contribution in [3.05, 3.63) is 165 Å². The first-order valence-electron chi connectivity index (χ1n) is 19.0. The number of non-ortho nitro benzene ring substituents is 1. The number of pyridine rings is 2. The van der Waals surface area contributed by atoms with Crippen molar-refractivity contribution in [3.8, 4) is 6.07 Å². The summed E-state index contributed by atoms with van der Waals surface area (Å²) in [5.41, 5.74) is 18.3. The molecule has 3 heterocycles. The van der Waals surface area contributed by atoms with E-state index in [9.17, 15) is 19.8 Å². The van der Waals surface area contributed by atoms with Gasteiger partial charge in [0.1, 0.15) is 5.82 Å². The summed E-state index contributed by atoms with van der Waals surface area (Å²) >= 11 is 0. The molecule has 4 bridgehead atoms. The van der Waals surface area contributed by atoms with Crippen molar-refractivity contribution in [2.45, 2.75) is 52.2 Å². The molecule has 14 heteroatoms. The first kappa shape index (κ1) is 40.6. The van der Waals surface area contributed by atoms with Crippen molar-refractivity contribution in [1.29, 1.82) is 5.26 Å². The van der Waals surface area contributed by atoms with Gasteiger partial charge in [-0.05, 0) is 78.2 Å². The van der Waals surface area contributed by atoms with E-state index in [2.05, 4.69) is 36.7 Å². The van der Waals surface area contributed by atoms with Crippen LogP contribution in [0.1, 0.15) is 45.9 Å². The van der Waals surface area contributed by atoms with Crippen molar-refractivity contribution in [2.24, 2.45) is 16.5 Å². The van der Waals surface area contributed by atoms with Crippen LogP contribution in [-0.4, -0.2) is 73.2 Å². The second kappa shape index (κ2) is 20.2. The summed E-state index contributed by atoms with van der Waals surface area (Å²) in [6.07, 6.45) is 0.796. The summed E-state index contributed by atoms with van der Waals surface area (Å²) in [6.45, 7) is 6.64. The molecule has 2 aromatic heterocycles. The topological polar surface area (TPSA) is 170 Å². The van der Waals surface area contributed by atoms with Crippen molar-refractivity contribution in [2.75, 3.05) is 32.7 Å². The molecule has 0 radical (unpaired) electrons. The predicted octanol–water partition coefficient (Wildman–Crippen LogP) is 5.86. The van der Waals surface area contributed by atoms with Gasteiger partial charge in [-0.3, -0.25) is 39.7 Å². The second-order valence-corrected chi connectivity index (χ2v) is 14.4. The van der Waals surface area contributed by atoms with E-state index in [0.717, 1.165) is 52.4 Å². The van der Waals surface area contributed by atoms with Crippen molar-refractivity contribution < 1.29 is 9.31 Å². The number of halogens is 1. The molecule has 0 saturated heterocycles. The van der Waals surface area contributed by atoms with Crippen LogP contribution in [0.3, 0.4) is 0 Å². The fraction of sp³-hybridized carbons (Fsp3) is 0.302. The number of hydrogen-bond acceptors (Lipinski definition) is 10. The zero-order valence-electron chi connectivity index (χ0n) is 32.0. The Morgan fingerprint density at radius 1 is 0.684 bits per heavy atom. The standard InChI is InChI=1S/C43H48FN11O2/c44-36-10-1-7-33(23-36)28-54-31-40-14-4-12-38(48-40)29-51(20-17-45)18-6-19-52(26-34-8-2-11-37(24-34)50-43(46)47)21-22-53(30-39-13-5-15-41(32-54)49-39)27-35-9-3-16-42(25-35)55(56)57/h1-5,7-16,23-25H,6,18-22,26-32H2,(H4,46,47,50). The molecule has 0 saturated carbocycles. The van der Waals surface area contributed by atoms with Gasteiger partial charge in [0, 0.05) is 77.6 Å². The van der Waals surface area contributed by atoms with Gasteiger partial charge in [0.2, 0.25) is 0 Å². The van der Waals surface area contributed by atoms with E-state index < -0.39 is 0 Å². The Labute approximate surface area is 332 Å². The number of aromatic nitrogens is 2. The fourth-order valence-electron chi connectivity index (χ4n) is 7.15. The maximum Gasteiger partial charge on any atom is 0.269 e. The number of benzene rings is 3. The van der Waals surface area contributed by atoms with Crippen molar-refractivity contribution >= 4 is 17.3 Å². The van der Waals surface area contributed by atoms with Crippen molar-refractivity contribution in [1.82, 2.24) is 29.6 Å². The Balaban J connectivity index is 1.33. The smallest absolute Gasteiger partial charge is 0.269 e.